The molecule has 0 atom stereocenters. The molecule has 0 radical (unpaired) electrons. The van der Waals surface area contributed by atoms with Gasteiger partial charge in [0.15, 0.2) is 0 Å². The Balaban J connectivity index is 1.53. The molecule has 7 nitrogen and oxygen atoms in total. The van der Waals surface area contributed by atoms with Gasteiger partial charge in [-0.1, -0.05) is 12.1 Å². The van der Waals surface area contributed by atoms with Crippen LogP contribution < -0.4 is 4.90 Å². The lowest BCUT2D eigenvalue weighted by molar-refractivity contribution is -0.137. The lowest BCUT2D eigenvalue weighted by Gasteiger charge is -2.39. The topological polar surface area (TPSA) is 64.2 Å². The Morgan fingerprint density at radius 2 is 1.63 bits per heavy atom. The largest absolute Gasteiger partial charge is 0.366 e. The molecule has 0 aromatic heterocycles. The van der Waals surface area contributed by atoms with E-state index in [9.17, 15) is 17.6 Å². The summed E-state index contributed by atoms with van der Waals surface area (Å²) in [4.78, 5) is 16.6. The van der Waals surface area contributed by atoms with E-state index < -0.39 is 10.2 Å². The van der Waals surface area contributed by atoms with Gasteiger partial charge in [0, 0.05) is 59.3 Å². The Morgan fingerprint density at radius 1 is 1.04 bits per heavy atom. The number of rotatable bonds is 4. The van der Waals surface area contributed by atoms with Gasteiger partial charge >= 0.3 is 0 Å². The van der Waals surface area contributed by atoms with Gasteiger partial charge in [-0.3, -0.25) is 4.79 Å². The molecule has 2 fully saturated rings. The van der Waals surface area contributed by atoms with Crippen molar-refractivity contribution in [3.05, 3.63) is 30.1 Å². The van der Waals surface area contributed by atoms with E-state index in [4.69, 9.17) is 0 Å². The molecular weight excluding hydrogens is 371 g/mol. The molecule has 0 unspecified atom stereocenters. The number of amides is 1. The zero-order valence-corrected chi connectivity index (χ0v) is 16.7. The predicted molar refractivity (Wildman–Crippen MR) is 102 cm³/mol. The third kappa shape index (κ3) is 4.25. The fourth-order valence-electron chi connectivity index (χ4n) is 3.70. The van der Waals surface area contributed by atoms with E-state index in [1.807, 2.05) is 15.9 Å². The van der Waals surface area contributed by atoms with Crippen molar-refractivity contribution in [2.75, 3.05) is 58.3 Å². The number of carbonyl (C=O) groups is 1. The van der Waals surface area contributed by atoms with Crippen LogP contribution in [-0.4, -0.2) is 81.2 Å². The second-order valence-electron chi connectivity index (χ2n) is 7.23. The molecular formula is C18H27FN4O3S. The first-order valence-electron chi connectivity index (χ1n) is 9.26. The van der Waals surface area contributed by atoms with Crippen LogP contribution in [0, 0.1) is 11.7 Å². The molecule has 2 aliphatic rings. The van der Waals surface area contributed by atoms with Gasteiger partial charge in [0.1, 0.15) is 5.82 Å². The van der Waals surface area contributed by atoms with Gasteiger partial charge in [-0.05, 0) is 25.0 Å². The third-order valence-electron chi connectivity index (χ3n) is 5.38. The van der Waals surface area contributed by atoms with Gasteiger partial charge in [-0.15, -0.1) is 0 Å². The van der Waals surface area contributed by atoms with Crippen LogP contribution in [0.25, 0.3) is 0 Å². The first-order valence-corrected chi connectivity index (χ1v) is 10.7. The number of hydrogen-bond acceptors (Lipinski definition) is 4. The van der Waals surface area contributed by atoms with Crippen LogP contribution in [-0.2, 0) is 15.0 Å². The number of piperazine rings is 1. The molecule has 0 bridgehead atoms. The fourth-order valence-corrected chi connectivity index (χ4v) is 4.83. The van der Waals surface area contributed by atoms with Gasteiger partial charge in [0.05, 0.1) is 5.69 Å². The molecule has 0 saturated carbocycles. The van der Waals surface area contributed by atoms with Gasteiger partial charge in [-0.25, -0.2) is 4.39 Å². The average molecular weight is 399 g/mol. The number of anilines is 1. The Kier molecular flexibility index (Phi) is 6.02. The van der Waals surface area contributed by atoms with Crippen LogP contribution in [0.1, 0.15) is 12.8 Å². The molecule has 1 aromatic rings. The Morgan fingerprint density at radius 3 is 2.19 bits per heavy atom. The smallest absolute Gasteiger partial charge is 0.281 e. The van der Waals surface area contributed by atoms with Crippen molar-refractivity contribution in [1.29, 1.82) is 0 Å². The molecule has 0 N–H and O–H groups in total. The summed E-state index contributed by atoms with van der Waals surface area (Å²) >= 11 is 0. The minimum atomic E-state index is -3.42. The van der Waals surface area contributed by atoms with Crippen molar-refractivity contribution in [3.8, 4) is 0 Å². The van der Waals surface area contributed by atoms with Crippen LogP contribution in [0.3, 0.4) is 0 Å². The second kappa shape index (κ2) is 8.12. The highest BCUT2D eigenvalue weighted by molar-refractivity contribution is 7.86. The molecule has 1 aromatic carbocycles. The van der Waals surface area contributed by atoms with Crippen molar-refractivity contribution < 1.29 is 17.6 Å². The van der Waals surface area contributed by atoms with Crippen molar-refractivity contribution in [3.63, 3.8) is 0 Å². The first kappa shape index (κ1) is 20.0. The molecule has 2 saturated heterocycles. The highest BCUT2D eigenvalue weighted by Crippen LogP contribution is 2.24. The standard InChI is InChI=1S/C18H27FN4O3S/c1-20(2)27(25,26)23-9-7-15(8-10-23)18(24)22-13-11-21(12-14-22)17-6-4-3-5-16(17)19/h3-6,15H,7-14H2,1-2H3. The molecule has 0 spiro atoms. The maximum absolute atomic E-state index is 13.9. The van der Waals surface area contributed by atoms with Crippen LogP contribution in [0.5, 0.6) is 0 Å². The van der Waals surface area contributed by atoms with E-state index in [0.29, 0.717) is 57.8 Å². The van der Waals surface area contributed by atoms with E-state index in [0.717, 1.165) is 0 Å². The highest BCUT2D eigenvalue weighted by Gasteiger charge is 2.34. The van der Waals surface area contributed by atoms with Gasteiger partial charge in [0.25, 0.3) is 10.2 Å². The van der Waals surface area contributed by atoms with Gasteiger partial charge in [-0.2, -0.15) is 17.0 Å². The number of carbonyl (C=O) groups excluding carboxylic acids is 1. The first-order chi connectivity index (χ1) is 12.8. The van der Waals surface area contributed by atoms with Crippen LogP contribution in [0.2, 0.25) is 0 Å². The summed E-state index contributed by atoms with van der Waals surface area (Å²) in [6.45, 7) is 3.05. The molecule has 0 aliphatic carbocycles. The van der Waals surface area contributed by atoms with Crippen LogP contribution in [0.4, 0.5) is 10.1 Å². The summed E-state index contributed by atoms with van der Waals surface area (Å²) in [6.07, 6.45) is 1.08. The monoisotopic (exact) mass is 398 g/mol. The highest BCUT2D eigenvalue weighted by atomic mass is 32.2. The normalized spacial score (nSPS) is 20.3. The fraction of sp³-hybridized carbons (Fsp3) is 0.611. The third-order valence-corrected chi connectivity index (χ3v) is 7.32. The number of halogens is 1. The SMILES string of the molecule is CN(C)S(=O)(=O)N1CCC(C(=O)N2CCN(c3ccccc3F)CC2)CC1. The maximum atomic E-state index is 13.9. The van der Waals surface area contributed by atoms with E-state index in [-0.39, 0.29) is 17.6 Å². The molecule has 150 valence electrons. The van der Waals surface area contributed by atoms with Gasteiger partial charge < -0.3 is 9.80 Å². The summed E-state index contributed by atoms with van der Waals surface area (Å²) < 4.78 is 40.9. The number of piperidine rings is 1. The molecule has 1 amide bonds. The number of para-hydroxylation sites is 1. The van der Waals surface area contributed by atoms with E-state index in [2.05, 4.69) is 0 Å². The molecule has 2 aliphatic heterocycles. The van der Waals surface area contributed by atoms with Crippen molar-refractivity contribution >= 4 is 21.8 Å². The summed E-state index contributed by atoms with van der Waals surface area (Å²) in [5.41, 5.74) is 0.576. The van der Waals surface area contributed by atoms with Crippen LogP contribution in [0.15, 0.2) is 24.3 Å². The quantitative estimate of drug-likeness (QED) is 0.759. The minimum absolute atomic E-state index is 0.0880. The second-order valence-corrected chi connectivity index (χ2v) is 9.37. The molecule has 9 heteroatoms. The zero-order valence-electron chi connectivity index (χ0n) is 15.8. The van der Waals surface area contributed by atoms with E-state index >= 15 is 0 Å². The average Bonchev–Trinajstić information content (AvgIpc) is 2.68. The Labute approximate surface area is 160 Å². The van der Waals surface area contributed by atoms with Crippen molar-refractivity contribution in [2.45, 2.75) is 12.8 Å². The van der Waals surface area contributed by atoms with E-state index in [1.165, 1.54) is 28.8 Å². The zero-order chi connectivity index (χ0) is 19.6. The number of benzene rings is 1. The summed E-state index contributed by atoms with van der Waals surface area (Å²) in [5.74, 6) is -0.296. The number of hydrogen-bond donors (Lipinski definition) is 0. The molecule has 2 heterocycles. The lowest BCUT2D eigenvalue weighted by atomic mass is 9.96. The van der Waals surface area contributed by atoms with Crippen molar-refractivity contribution in [2.24, 2.45) is 5.92 Å². The predicted octanol–water partition coefficient (Wildman–Crippen LogP) is 0.993. The minimum Gasteiger partial charge on any atom is -0.366 e. The van der Waals surface area contributed by atoms with Gasteiger partial charge in [0.2, 0.25) is 5.91 Å². The Bertz CT molecular complexity index is 771. The summed E-state index contributed by atoms with van der Waals surface area (Å²) in [5, 5.41) is 0. The maximum Gasteiger partial charge on any atom is 0.281 e. The van der Waals surface area contributed by atoms with E-state index in [1.54, 1.807) is 12.1 Å². The molecule has 3 rings (SSSR count). The lowest BCUT2D eigenvalue weighted by Crippen LogP contribution is -2.52. The summed E-state index contributed by atoms with van der Waals surface area (Å²) in [7, 11) is -0.385. The Hall–Kier alpha value is -1.71. The van der Waals surface area contributed by atoms with Crippen molar-refractivity contribution in [1.82, 2.24) is 13.5 Å². The molecule has 27 heavy (non-hydrogen) atoms. The summed E-state index contributed by atoms with van der Waals surface area (Å²) in [6, 6.07) is 6.68. The number of nitrogens with zero attached hydrogens (tertiary/aromatic N) is 4. The van der Waals surface area contributed by atoms with Crippen LogP contribution >= 0.6 is 0 Å².